The van der Waals surface area contributed by atoms with Gasteiger partial charge in [-0.15, -0.1) is 0 Å². The number of carbonyl (C=O) groups is 1. The number of anilines is 1. The van der Waals surface area contributed by atoms with Crippen LogP contribution < -0.4 is 5.32 Å². The van der Waals surface area contributed by atoms with E-state index in [4.69, 9.17) is 0 Å². The normalized spacial score (nSPS) is 15.8. The Labute approximate surface area is 175 Å². The molecule has 1 N–H and O–H groups in total. The third-order valence-electron chi connectivity index (χ3n) is 5.78. The van der Waals surface area contributed by atoms with Crippen molar-refractivity contribution >= 4 is 23.5 Å². The Morgan fingerprint density at radius 2 is 1.90 bits per heavy atom. The molecule has 0 saturated carbocycles. The van der Waals surface area contributed by atoms with Gasteiger partial charge in [0.05, 0.1) is 5.69 Å². The summed E-state index contributed by atoms with van der Waals surface area (Å²) in [6, 6.07) is 16.7. The van der Waals surface area contributed by atoms with Gasteiger partial charge in [0, 0.05) is 49.3 Å². The van der Waals surface area contributed by atoms with Crippen LogP contribution in [0.3, 0.4) is 0 Å². The summed E-state index contributed by atoms with van der Waals surface area (Å²) in [4.78, 5) is 15.2. The zero-order valence-electron chi connectivity index (χ0n) is 16.5. The molecule has 0 atom stereocenters. The second-order valence-corrected chi connectivity index (χ2v) is 8.76. The number of thioether (sulfide) groups is 1. The maximum atomic E-state index is 12.7. The fourth-order valence-corrected chi connectivity index (χ4v) is 5.22. The number of amides is 1. The van der Waals surface area contributed by atoms with Crippen LogP contribution in [-0.4, -0.2) is 27.1 Å². The van der Waals surface area contributed by atoms with Crippen molar-refractivity contribution in [3.05, 3.63) is 82.0 Å². The molecule has 0 unspecified atom stereocenters. The van der Waals surface area contributed by atoms with E-state index in [0.29, 0.717) is 5.56 Å². The first-order chi connectivity index (χ1) is 14.2. The van der Waals surface area contributed by atoms with Crippen molar-refractivity contribution in [1.82, 2.24) is 14.7 Å². The van der Waals surface area contributed by atoms with Crippen LogP contribution >= 0.6 is 11.8 Å². The lowest BCUT2D eigenvalue weighted by atomic mass is 9.99. The number of benzene rings is 2. The summed E-state index contributed by atoms with van der Waals surface area (Å²) >= 11 is 1.84. The quantitative estimate of drug-likeness (QED) is 0.715. The van der Waals surface area contributed by atoms with Gasteiger partial charge in [0.25, 0.3) is 5.91 Å². The van der Waals surface area contributed by atoms with Crippen LogP contribution in [-0.2, 0) is 38.1 Å². The van der Waals surface area contributed by atoms with Crippen LogP contribution in [0.15, 0.2) is 48.5 Å². The highest BCUT2D eigenvalue weighted by Crippen LogP contribution is 2.34. The smallest absolute Gasteiger partial charge is 0.256 e. The van der Waals surface area contributed by atoms with Gasteiger partial charge in [-0.1, -0.05) is 36.4 Å². The Bertz CT molecular complexity index is 1060. The highest BCUT2D eigenvalue weighted by atomic mass is 32.2. The molecule has 2 aliphatic heterocycles. The van der Waals surface area contributed by atoms with E-state index in [1.807, 2.05) is 30.9 Å². The zero-order valence-corrected chi connectivity index (χ0v) is 17.3. The third-order valence-corrected chi connectivity index (χ3v) is 6.75. The average molecular weight is 405 g/mol. The van der Waals surface area contributed by atoms with Crippen LogP contribution in [0, 0.1) is 0 Å². The van der Waals surface area contributed by atoms with Crippen LogP contribution in [0.25, 0.3) is 0 Å². The predicted molar refractivity (Wildman–Crippen MR) is 117 cm³/mol. The Kier molecular flexibility index (Phi) is 4.89. The first-order valence-electron chi connectivity index (χ1n) is 9.99. The summed E-state index contributed by atoms with van der Waals surface area (Å²) in [7, 11) is 1.89. The highest BCUT2D eigenvalue weighted by Gasteiger charge is 2.23. The largest absolute Gasteiger partial charge is 0.307 e. The highest BCUT2D eigenvalue weighted by molar-refractivity contribution is 7.98. The van der Waals surface area contributed by atoms with Crippen molar-refractivity contribution in [3.8, 4) is 0 Å². The molecule has 148 valence electrons. The lowest BCUT2D eigenvalue weighted by Gasteiger charge is -2.28. The first-order valence-corrected chi connectivity index (χ1v) is 11.1. The van der Waals surface area contributed by atoms with Gasteiger partial charge in [-0.05, 0) is 35.2 Å². The van der Waals surface area contributed by atoms with Crippen molar-refractivity contribution in [3.63, 3.8) is 0 Å². The summed E-state index contributed by atoms with van der Waals surface area (Å²) in [5.74, 6) is 2.59. The van der Waals surface area contributed by atoms with Crippen LogP contribution in [0.4, 0.5) is 5.82 Å². The lowest BCUT2D eigenvalue weighted by molar-refractivity contribution is 0.102. The Hall–Kier alpha value is -2.57. The second kappa shape index (κ2) is 7.69. The summed E-state index contributed by atoms with van der Waals surface area (Å²) in [6.07, 6.45) is 1.10. The molecule has 1 amide bonds. The lowest BCUT2D eigenvalue weighted by Crippen LogP contribution is -2.29. The number of nitrogens with zero attached hydrogens (tertiary/aromatic N) is 3. The number of nitrogens with one attached hydrogen (secondary N) is 1. The molecular formula is C23H24N4OS. The number of aryl methyl sites for hydroxylation is 1. The number of rotatable bonds is 4. The molecule has 0 spiro atoms. The summed E-state index contributed by atoms with van der Waals surface area (Å²) in [5, 5.41) is 7.57. The van der Waals surface area contributed by atoms with E-state index in [0.717, 1.165) is 54.6 Å². The minimum Gasteiger partial charge on any atom is -0.307 e. The minimum absolute atomic E-state index is 0.0776. The maximum absolute atomic E-state index is 12.7. The molecule has 2 aromatic carbocycles. The molecule has 5 rings (SSSR count). The first kappa shape index (κ1) is 18.5. The van der Waals surface area contributed by atoms with E-state index < -0.39 is 0 Å². The van der Waals surface area contributed by atoms with E-state index in [9.17, 15) is 4.79 Å². The zero-order chi connectivity index (χ0) is 19.8. The number of carbonyl (C=O) groups excluding carboxylic acids is 1. The Balaban J connectivity index is 1.24. The SMILES string of the molecule is Cn1nc2c(c1NC(=O)c1ccc(CN3CCc4ccccc4C3)cc1)CSC2. The van der Waals surface area contributed by atoms with Crippen molar-refractivity contribution in [2.45, 2.75) is 31.0 Å². The van der Waals surface area contributed by atoms with E-state index in [2.05, 4.69) is 51.7 Å². The molecule has 0 aliphatic carbocycles. The Morgan fingerprint density at radius 1 is 1.10 bits per heavy atom. The molecule has 3 heterocycles. The molecule has 0 radical (unpaired) electrons. The maximum Gasteiger partial charge on any atom is 0.256 e. The third kappa shape index (κ3) is 3.70. The van der Waals surface area contributed by atoms with Crippen molar-refractivity contribution in [2.75, 3.05) is 11.9 Å². The van der Waals surface area contributed by atoms with Gasteiger partial charge in [0.15, 0.2) is 0 Å². The van der Waals surface area contributed by atoms with Crippen LogP contribution in [0.5, 0.6) is 0 Å². The number of fused-ring (bicyclic) bond motifs is 2. The standard InChI is InChI=1S/C23H24N4OS/c1-26-22(20-14-29-15-21(20)25-26)24-23(28)18-8-6-16(7-9-18)12-27-11-10-17-4-2-3-5-19(17)13-27/h2-9H,10-15H2,1H3,(H,24,28). The van der Waals surface area contributed by atoms with Gasteiger partial charge in [-0.2, -0.15) is 16.9 Å². The molecule has 0 saturated heterocycles. The topological polar surface area (TPSA) is 50.2 Å². The van der Waals surface area contributed by atoms with E-state index in [1.165, 1.54) is 16.7 Å². The van der Waals surface area contributed by atoms with Crippen LogP contribution in [0.2, 0.25) is 0 Å². The van der Waals surface area contributed by atoms with Crippen molar-refractivity contribution in [1.29, 1.82) is 0 Å². The fraction of sp³-hybridized carbons (Fsp3) is 0.304. The molecule has 1 aromatic heterocycles. The predicted octanol–water partition coefficient (Wildman–Crippen LogP) is 3.98. The van der Waals surface area contributed by atoms with E-state index in [1.54, 1.807) is 4.68 Å². The molecule has 5 nitrogen and oxygen atoms in total. The summed E-state index contributed by atoms with van der Waals surface area (Å²) in [6.45, 7) is 2.97. The number of aromatic nitrogens is 2. The fourth-order valence-electron chi connectivity index (χ4n) is 4.19. The molecule has 0 fully saturated rings. The van der Waals surface area contributed by atoms with Gasteiger partial charge in [0.2, 0.25) is 0 Å². The summed E-state index contributed by atoms with van der Waals surface area (Å²) in [5.41, 5.74) is 7.06. The van der Waals surface area contributed by atoms with Crippen molar-refractivity contribution < 1.29 is 4.79 Å². The summed E-state index contributed by atoms with van der Waals surface area (Å²) < 4.78 is 1.78. The van der Waals surface area contributed by atoms with E-state index >= 15 is 0 Å². The Morgan fingerprint density at radius 3 is 2.72 bits per heavy atom. The van der Waals surface area contributed by atoms with Crippen molar-refractivity contribution in [2.24, 2.45) is 7.05 Å². The molecule has 2 aliphatic rings. The molecule has 6 heteroatoms. The molecular weight excluding hydrogens is 380 g/mol. The van der Waals surface area contributed by atoms with E-state index in [-0.39, 0.29) is 5.91 Å². The van der Waals surface area contributed by atoms with Gasteiger partial charge >= 0.3 is 0 Å². The monoisotopic (exact) mass is 404 g/mol. The number of hydrogen-bond donors (Lipinski definition) is 1. The van der Waals surface area contributed by atoms with Gasteiger partial charge in [0.1, 0.15) is 5.82 Å². The number of hydrogen-bond acceptors (Lipinski definition) is 4. The minimum atomic E-state index is -0.0776. The van der Waals surface area contributed by atoms with Gasteiger partial charge < -0.3 is 5.32 Å². The molecule has 3 aromatic rings. The molecule has 29 heavy (non-hydrogen) atoms. The molecule has 0 bridgehead atoms. The van der Waals surface area contributed by atoms with Gasteiger partial charge in [-0.25, -0.2) is 0 Å². The van der Waals surface area contributed by atoms with Gasteiger partial charge in [-0.3, -0.25) is 14.4 Å². The second-order valence-electron chi connectivity index (χ2n) is 7.77. The van der Waals surface area contributed by atoms with Crippen LogP contribution in [0.1, 0.15) is 38.3 Å². The average Bonchev–Trinajstić information content (AvgIpc) is 3.30.